The van der Waals surface area contributed by atoms with Crippen molar-refractivity contribution in [2.24, 2.45) is 13.0 Å². The zero-order chi connectivity index (χ0) is 24.6. The summed E-state index contributed by atoms with van der Waals surface area (Å²) in [6.07, 6.45) is 7.91. The molecule has 3 aliphatic rings. The number of fused-ring (bicyclic) bond motifs is 2. The second kappa shape index (κ2) is 9.69. The summed E-state index contributed by atoms with van der Waals surface area (Å²) in [7, 11) is 1.97. The van der Waals surface area contributed by atoms with Gasteiger partial charge in [-0.05, 0) is 61.3 Å². The van der Waals surface area contributed by atoms with Gasteiger partial charge < -0.3 is 19.5 Å². The molecule has 3 heterocycles. The van der Waals surface area contributed by atoms with Gasteiger partial charge in [-0.1, -0.05) is 37.1 Å². The van der Waals surface area contributed by atoms with Crippen LogP contribution in [0.5, 0.6) is 0 Å². The van der Waals surface area contributed by atoms with Crippen molar-refractivity contribution in [1.29, 1.82) is 0 Å². The lowest BCUT2D eigenvalue weighted by atomic mass is 9.99. The SMILES string of the molecule is Cn1c(C2CCCO2)nc2cc(NC(=O)CC3CCCC3)cc(C(=O)N3CCc4ccccc4C3)c21. The Morgan fingerprint density at radius 2 is 1.89 bits per heavy atom. The van der Waals surface area contributed by atoms with Crippen LogP contribution in [0.4, 0.5) is 5.69 Å². The molecule has 1 aliphatic carbocycles. The van der Waals surface area contributed by atoms with Crippen molar-refractivity contribution in [2.45, 2.75) is 64.0 Å². The molecule has 36 heavy (non-hydrogen) atoms. The van der Waals surface area contributed by atoms with Crippen LogP contribution in [0.2, 0.25) is 0 Å². The van der Waals surface area contributed by atoms with Gasteiger partial charge in [-0.2, -0.15) is 0 Å². The topological polar surface area (TPSA) is 76.5 Å². The van der Waals surface area contributed by atoms with Gasteiger partial charge in [0, 0.05) is 38.9 Å². The van der Waals surface area contributed by atoms with Gasteiger partial charge in [0.1, 0.15) is 11.9 Å². The van der Waals surface area contributed by atoms with Crippen molar-refractivity contribution < 1.29 is 14.3 Å². The van der Waals surface area contributed by atoms with Crippen LogP contribution in [-0.4, -0.2) is 39.4 Å². The summed E-state index contributed by atoms with van der Waals surface area (Å²) in [6.45, 7) is 1.99. The van der Waals surface area contributed by atoms with E-state index < -0.39 is 0 Å². The number of anilines is 1. The monoisotopic (exact) mass is 486 g/mol. The molecule has 0 spiro atoms. The average Bonchev–Trinajstić information content (AvgIpc) is 3.65. The number of benzene rings is 2. The number of aromatic nitrogens is 2. The molecule has 0 radical (unpaired) electrons. The molecule has 3 aromatic rings. The van der Waals surface area contributed by atoms with E-state index >= 15 is 0 Å². The highest BCUT2D eigenvalue weighted by atomic mass is 16.5. The second-order valence-corrected chi connectivity index (χ2v) is 10.6. The van der Waals surface area contributed by atoms with Gasteiger partial charge in [-0.25, -0.2) is 4.98 Å². The molecule has 1 aromatic heterocycles. The lowest BCUT2D eigenvalue weighted by Crippen LogP contribution is -2.36. The van der Waals surface area contributed by atoms with Crippen LogP contribution < -0.4 is 5.32 Å². The maximum atomic E-state index is 14.0. The van der Waals surface area contributed by atoms with E-state index in [0.29, 0.717) is 36.7 Å². The van der Waals surface area contributed by atoms with Crippen LogP contribution in [0, 0.1) is 5.92 Å². The standard InChI is InChI=1S/C29H34N4O3/c1-32-27-23(29(35)33-13-12-20-9-4-5-10-21(20)18-33)16-22(30-26(34)15-19-7-2-3-8-19)17-24(27)31-28(32)25-11-6-14-36-25/h4-5,9-10,16-17,19,25H,2-3,6-8,11-15,18H2,1H3,(H,30,34). The van der Waals surface area contributed by atoms with Crippen molar-refractivity contribution in [1.82, 2.24) is 14.5 Å². The molecule has 1 saturated carbocycles. The third kappa shape index (κ3) is 4.41. The molecule has 6 rings (SSSR count). The molecule has 2 amide bonds. The summed E-state index contributed by atoms with van der Waals surface area (Å²) in [5.41, 5.74) is 5.26. The van der Waals surface area contributed by atoms with Gasteiger partial charge in [0.15, 0.2) is 0 Å². The van der Waals surface area contributed by atoms with Gasteiger partial charge in [0.25, 0.3) is 5.91 Å². The summed E-state index contributed by atoms with van der Waals surface area (Å²) < 4.78 is 7.94. The first-order valence-corrected chi connectivity index (χ1v) is 13.3. The lowest BCUT2D eigenvalue weighted by Gasteiger charge is -2.29. The predicted molar refractivity (Wildman–Crippen MR) is 139 cm³/mol. The smallest absolute Gasteiger partial charge is 0.256 e. The van der Waals surface area contributed by atoms with E-state index in [9.17, 15) is 9.59 Å². The molecule has 2 aromatic carbocycles. The third-order valence-electron chi connectivity index (χ3n) is 8.10. The Balaban J connectivity index is 1.35. The maximum Gasteiger partial charge on any atom is 0.256 e. The predicted octanol–water partition coefficient (Wildman–Crippen LogP) is 5.14. The summed E-state index contributed by atoms with van der Waals surface area (Å²) >= 11 is 0. The van der Waals surface area contributed by atoms with Gasteiger partial charge >= 0.3 is 0 Å². The van der Waals surface area contributed by atoms with Crippen molar-refractivity contribution in [3.05, 3.63) is 58.9 Å². The minimum atomic E-state index is -0.0624. The van der Waals surface area contributed by atoms with Crippen LogP contribution >= 0.6 is 0 Å². The number of hydrogen-bond acceptors (Lipinski definition) is 4. The van der Waals surface area contributed by atoms with Crippen LogP contribution in [-0.2, 0) is 29.5 Å². The fourth-order valence-corrected chi connectivity index (χ4v) is 6.20. The number of aryl methyl sites for hydroxylation is 1. The lowest BCUT2D eigenvalue weighted by molar-refractivity contribution is -0.117. The Morgan fingerprint density at radius 1 is 1.08 bits per heavy atom. The van der Waals surface area contributed by atoms with E-state index in [1.807, 2.05) is 34.7 Å². The molecule has 1 atom stereocenters. The van der Waals surface area contributed by atoms with Crippen LogP contribution in [0.1, 0.15) is 78.4 Å². The number of nitrogens with one attached hydrogen (secondary N) is 1. The highest BCUT2D eigenvalue weighted by Crippen LogP contribution is 2.34. The highest BCUT2D eigenvalue weighted by Gasteiger charge is 2.29. The zero-order valence-electron chi connectivity index (χ0n) is 21.0. The first kappa shape index (κ1) is 23.2. The van der Waals surface area contributed by atoms with E-state index in [-0.39, 0.29) is 17.9 Å². The van der Waals surface area contributed by atoms with Gasteiger partial charge in [-0.3, -0.25) is 9.59 Å². The number of carbonyl (C=O) groups is 2. The van der Waals surface area contributed by atoms with Crippen molar-refractivity contribution in [2.75, 3.05) is 18.5 Å². The molecule has 1 N–H and O–H groups in total. The van der Waals surface area contributed by atoms with E-state index in [4.69, 9.17) is 9.72 Å². The number of amides is 2. The Kier molecular flexibility index (Phi) is 6.25. The maximum absolute atomic E-state index is 14.0. The van der Waals surface area contributed by atoms with Gasteiger partial charge in [0.05, 0.1) is 16.6 Å². The molecule has 0 bridgehead atoms. The first-order valence-electron chi connectivity index (χ1n) is 13.3. The van der Waals surface area contributed by atoms with Crippen LogP contribution in [0.25, 0.3) is 11.0 Å². The largest absolute Gasteiger partial charge is 0.370 e. The Bertz CT molecular complexity index is 1300. The minimum absolute atomic E-state index is 0.0156. The van der Waals surface area contributed by atoms with Gasteiger partial charge in [-0.15, -0.1) is 0 Å². The average molecular weight is 487 g/mol. The quantitative estimate of drug-likeness (QED) is 0.542. The second-order valence-electron chi connectivity index (χ2n) is 10.6. The highest BCUT2D eigenvalue weighted by molar-refractivity contribution is 6.07. The first-order chi connectivity index (χ1) is 17.6. The Hall–Kier alpha value is -3.19. The molecule has 2 fully saturated rings. The summed E-state index contributed by atoms with van der Waals surface area (Å²) in [5.74, 6) is 1.30. The molecule has 7 heteroatoms. The van der Waals surface area contributed by atoms with E-state index in [1.54, 1.807) is 0 Å². The zero-order valence-corrected chi connectivity index (χ0v) is 21.0. The van der Waals surface area contributed by atoms with Crippen molar-refractivity contribution in [3.63, 3.8) is 0 Å². The Labute approximate surface area is 211 Å². The van der Waals surface area contributed by atoms with Crippen LogP contribution in [0.3, 0.4) is 0 Å². The summed E-state index contributed by atoms with van der Waals surface area (Å²) in [5, 5.41) is 3.08. The number of hydrogen-bond donors (Lipinski definition) is 1. The molecular weight excluding hydrogens is 452 g/mol. The number of nitrogens with zero attached hydrogens (tertiary/aromatic N) is 3. The normalized spacial score (nSPS) is 20.1. The van der Waals surface area contributed by atoms with Gasteiger partial charge in [0.2, 0.25) is 5.91 Å². The summed E-state index contributed by atoms with van der Waals surface area (Å²) in [4.78, 5) is 33.6. The molecule has 188 valence electrons. The summed E-state index contributed by atoms with van der Waals surface area (Å²) in [6, 6.07) is 12.1. The van der Waals surface area contributed by atoms with Crippen LogP contribution in [0.15, 0.2) is 36.4 Å². The molecular formula is C29H34N4O3. The fourth-order valence-electron chi connectivity index (χ4n) is 6.20. The number of rotatable bonds is 5. The van der Waals surface area contributed by atoms with E-state index in [0.717, 1.165) is 55.6 Å². The third-order valence-corrected chi connectivity index (χ3v) is 8.10. The molecule has 1 saturated heterocycles. The van der Waals surface area contributed by atoms with Crippen molar-refractivity contribution >= 4 is 28.5 Å². The minimum Gasteiger partial charge on any atom is -0.370 e. The molecule has 1 unspecified atom stereocenters. The number of imidazole rings is 1. The molecule has 2 aliphatic heterocycles. The van der Waals surface area contributed by atoms with Crippen molar-refractivity contribution in [3.8, 4) is 0 Å². The van der Waals surface area contributed by atoms with E-state index in [2.05, 4.69) is 23.5 Å². The Morgan fingerprint density at radius 3 is 2.67 bits per heavy atom. The molecule has 7 nitrogen and oxygen atoms in total. The fraction of sp³-hybridized carbons (Fsp3) is 0.483. The number of ether oxygens (including phenoxy) is 1. The van der Waals surface area contributed by atoms with E-state index in [1.165, 1.54) is 24.0 Å². The number of carbonyl (C=O) groups excluding carboxylic acids is 2.